The molecular weight excluding hydrogens is 394 g/mol. The van der Waals surface area contributed by atoms with Gasteiger partial charge in [0.25, 0.3) is 0 Å². The summed E-state index contributed by atoms with van der Waals surface area (Å²) in [5, 5.41) is 2.22. The number of pyridine rings is 1. The van der Waals surface area contributed by atoms with Crippen molar-refractivity contribution in [2.45, 2.75) is 63.7 Å². The van der Waals surface area contributed by atoms with Crippen molar-refractivity contribution in [1.82, 2.24) is 4.98 Å². The van der Waals surface area contributed by atoms with E-state index in [9.17, 15) is 9.59 Å². The maximum atomic E-state index is 12.8. The molecule has 0 bridgehead atoms. The van der Waals surface area contributed by atoms with Gasteiger partial charge in [-0.2, -0.15) is 0 Å². The van der Waals surface area contributed by atoms with Gasteiger partial charge in [-0.1, -0.05) is 74.6 Å². The number of hydrogen-bond acceptors (Lipinski definition) is 3. The lowest BCUT2D eigenvalue weighted by atomic mass is 9.85. The van der Waals surface area contributed by atoms with Gasteiger partial charge in [0.15, 0.2) is 5.78 Å². The van der Waals surface area contributed by atoms with Crippen molar-refractivity contribution in [3.05, 3.63) is 77.6 Å². The highest BCUT2D eigenvalue weighted by Gasteiger charge is 2.43. The standard InChI is InChI=1S/C29H31NO2/c31-28(13-7-20-4-2-1-3-5-20)23-11-9-22(10-12-23)26-18-27(26)29(32)17-21-6-8-25-19-30-15-14-24(25)16-21/h6,8-12,14-16,19-20,26-27H,1-5,7,13,17-18H2/t26-,27+/m0/s1. The van der Waals surface area contributed by atoms with Gasteiger partial charge in [0, 0.05) is 42.1 Å². The van der Waals surface area contributed by atoms with Crippen LogP contribution in [0.4, 0.5) is 0 Å². The summed E-state index contributed by atoms with van der Waals surface area (Å²) in [5.74, 6) is 1.73. The van der Waals surface area contributed by atoms with Gasteiger partial charge in [-0.15, -0.1) is 0 Å². The minimum atomic E-state index is 0.107. The third-order valence-corrected chi connectivity index (χ3v) is 7.45. The van der Waals surface area contributed by atoms with E-state index in [4.69, 9.17) is 0 Å². The van der Waals surface area contributed by atoms with Crippen molar-refractivity contribution in [1.29, 1.82) is 0 Å². The third kappa shape index (κ3) is 4.82. The predicted molar refractivity (Wildman–Crippen MR) is 128 cm³/mol. The van der Waals surface area contributed by atoms with E-state index in [1.54, 1.807) is 6.20 Å². The van der Waals surface area contributed by atoms with Gasteiger partial charge in [0.2, 0.25) is 0 Å². The summed E-state index contributed by atoms with van der Waals surface area (Å²) >= 11 is 0. The molecule has 0 spiro atoms. The molecule has 2 saturated carbocycles. The zero-order valence-electron chi connectivity index (χ0n) is 18.6. The summed E-state index contributed by atoms with van der Waals surface area (Å²) in [6.07, 6.45) is 13.3. The van der Waals surface area contributed by atoms with E-state index in [0.717, 1.165) is 40.7 Å². The Labute approximate surface area is 190 Å². The first kappa shape index (κ1) is 21.1. The number of nitrogens with zero attached hydrogens (tertiary/aromatic N) is 1. The molecule has 0 amide bonds. The minimum Gasteiger partial charge on any atom is -0.299 e. The second-order valence-electron chi connectivity index (χ2n) is 9.74. The normalized spacial score (nSPS) is 20.9. The molecule has 3 nitrogen and oxygen atoms in total. The summed E-state index contributed by atoms with van der Waals surface area (Å²) in [4.78, 5) is 29.6. The van der Waals surface area contributed by atoms with E-state index in [1.165, 1.54) is 37.7 Å². The molecule has 0 radical (unpaired) electrons. The van der Waals surface area contributed by atoms with Crippen molar-refractivity contribution in [2.75, 3.05) is 0 Å². The number of carbonyl (C=O) groups is 2. The monoisotopic (exact) mass is 425 g/mol. The fourth-order valence-corrected chi connectivity index (χ4v) is 5.37. The molecule has 2 aliphatic rings. The maximum absolute atomic E-state index is 12.8. The molecule has 1 aromatic heterocycles. The third-order valence-electron chi connectivity index (χ3n) is 7.45. The summed E-state index contributed by atoms with van der Waals surface area (Å²) in [7, 11) is 0. The SMILES string of the molecule is O=C(CCC1CCCCC1)c1ccc([C@@H]2C[C@H]2C(=O)Cc2ccc3cnccc3c2)cc1. The fraction of sp³-hybridized carbons (Fsp3) is 0.414. The number of rotatable bonds is 8. The topological polar surface area (TPSA) is 47.0 Å². The van der Waals surface area contributed by atoms with Crippen LogP contribution in [-0.2, 0) is 11.2 Å². The van der Waals surface area contributed by atoms with E-state index in [-0.39, 0.29) is 11.7 Å². The lowest BCUT2D eigenvalue weighted by molar-refractivity contribution is -0.119. The Hall–Kier alpha value is -2.81. The molecular formula is C29H31NO2. The van der Waals surface area contributed by atoms with Gasteiger partial charge in [-0.05, 0) is 47.3 Å². The summed E-state index contributed by atoms with van der Waals surface area (Å²) in [6.45, 7) is 0. The number of carbonyl (C=O) groups excluding carboxylic acids is 2. The molecule has 3 aromatic rings. The molecule has 32 heavy (non-hydrogen) atoms. The van der Waals surface area contributed by atoms with Crippen LogP contribution in [0, 0.1) is 11.8 Å². The number of aromatic nitrogens is 1. The van der Waals surface area contributed by atoms with Crippen LogP contribution >= 0.6 is 0 Å². The van der Waals surface area contributed by atoms with Crippen LogP contribution in [0.2, 0.25) is 0 Å². The molecule has 1 heterocycles. The van der Waals surface area contributed by atoms with Crippen molar-refractivity contribution in [3.63, 3.8) is 0 Å². The van der Waals surface area contributed by atoms with Crippen LogP contribution in [0.3, 0.4) is 0 Å². The van der Waals surface area contributed by atoms with Crippen LogP contribution < -0.4 is 0 Å². The van der Waals surface area contributed by atoms with Crippen LogP contribution in [0.15, 0.2) is 60.9 Å². The highest BCUT2D eigenvalue weighted by molar-refractivity contribution is 5.96. The average molecular weight is 426 g/mol. The molecule has 3 heteroatoms. The van der Waals surface area contributed by atoms with Gasteiger partial charge in [-0.25, -0.2) is 0 Å². The first-order valence-electron chi connectivity index (χ1n) is 12.2. The van der Waals surface area contributed by atoms with Gasteiger partial charge >= 0.3 is 0 Å². The second kappa shape index (κ2) is 9.36. The van der Waals surface area contributed by atoms with Crippen molar-refractivity contribution in [2.24, 2.45) is 11.8 Å². The van der Waals surface area contributed by atoms with Crippen LogP contribution in [-0.4, -0.2) is 16.6 Å². The Morgan fingerprint density at radius 1 is 0.906 bits per heavy atom. The Morgan fingerprint density at radius 3 is 2.53 bits per heavy atom. The quantitative estimate of drug-likeness (QED) is 0.378. The van der Waals surface area contributed by atoms with Crippen molar-refractivity contribution < 1.29 is 9.59 Å². The van der Waals surface area contributed by atoms with Gasteiger partial charge in [-0.3, -0.25) is 14.6 Å². The zero-order chi connectivity index (χ0) is 21.9. The average Bonchev–Trinajstić information content (AvgIpc) is 3.64. The maximum Gasteiger partial charge on any atom is 0.162 e. The Balaban J connectivity index is 1.14. The van der Waals surface area contributed by atoms with Crippen LogP contribution in [0.5, 0.6) is 0 Å². The molecule has 164 valence electrons. The Bertz CT molecular complexity index is 1110. The van der Waals surface area contributed by atoms with Gasteiger partial charge < -0.3 is 0 Å². The molecule has 2 aliphatic carbocycles. The Morgan fingerprint density at radius 2 is 1.72 bits per heavy atom. The van der Waals surface area contributed by atoms with E-state index in [2.05, 4.69) is 23.2 Å². The molecule has 2 aromatic carbocycles. The van der Waals surface area contributed by atoms with E-state index < -0.39 is 0 Å². The van der Waals surface area contributed by atoms with Crippen LogP contribution in [0.25, 0.3) is 10.8 Å². The van der Waals surface area contributed by atoms with Crippen molar-refractivity contribution in [3.8, 4) is 0 Å². The van der Waals surface area contributed by atoms with E-state index >= 15 is 0 Å². The number of ketones is 2. The predicted octanol–water partition coefficient (Wildman–Crippen LogP) is 6.69. The lowest BCUT2D eigenvalue weighted by Crippen LogP contribution is -2.09. The first-order valence-corrected chi connectivity index (χ1v) is 12.2. The van der Waals surface area contributed by atoms with E-state index in [1.807, 2.05) is 36.5 Å². The van der Waals surface area contributed by atoms with E-state index in [0.29, 0.717) is 24.5 Å². The lowest BCUT2D eigenvalue weighted by Gasteiger charge is -2.20. The summed E-state index contributed by atoms with van der Waals surface area (Å²) < 4.78 is 0. The number of benzene rings is 2. The molecule has 2 fully saturated rings. The molecule has 0 N–H and O–H groups in total. The number of Topliss-reactive ketones (excluding diaryl/α,β-unsaturated/α-hetero) is 2. The highest BCUT2D eigenvalue weighted by Crippen LogP contribution is 2.48. The van der Waals surface area contributed by atoms with Gasteiger partial charge in [0.05, 0.1) is 0 Å². The minimum absolute atomic E-state index is 0.107. The molecule has 2 atom stereocenters. The van der Waals surface area contributed by atoms with Crippen molar-refractivity contribution >= 4 is 22.3 Å². The van der Waals surface area contributed by atoms with Gasteiger partial charge in [0.1, 0.15) is 5.78 Å². The second-order valence-corrected chi connectivity index (χ2v) is 9.74. The summed E-state index contributed by atoms with van der Waals surface area (Å²) in [5.41, 5.74) is 3.08. The smallest absolute Gasteiger partial charge is 0.162 e. The largest absolute Gasteiger partial charge is 0.299 e. The zero-order valence-corrected chi connectivity index (χ0v) is 18.6. The Kier molecular flexibility index (Phi) is 6.16. The number of hydrogen-bond donors (Lipinski definition) is 0. The highest BCUT2D eigenvalue weighted by atomic mass is 16.1. The molecule has 0 aliphatic heterocycles. The molecule has 0 saturated heterocycles. The fourth-order valence-electron chi connectivity index (χ4n) is 5.37. The molecule has 0 unspecified atom stereocenters. The van der Waals surface area contributed by atoms with Crippen LogP contribution in [0.1, 0.15) is 78.8 Å². The number of fused-ring (bicyclic) bond motifs is 1. The summed E-state index contributed by atoms with van der Waals surface area (Å²) in [6, 6.07) is 16.2. The first-order chi connectivity index (χ1) is 15.7. The molecule has 5 rings (SSSR count).